The first-order valence-corrected chi connectivity index (χ1v) is 10.1. The lowest BCUT2D eigenvalue weighted by Crippen LogP contribution is -2.45. The van der Waals surface area contributed by atoms with Gasteiger partial charge in [-0.3, -0.25) is 14.4 Å². The summed E-state index contributed by atoms with van der Waals surface area (Å²) in [6, 6.07) is 0.812. The fraction of sp³-hybridized carbons (Fsp3) is 0.700. The van der Waals surface area contributed by atoms with Crippen molar-refractivity contribution in [3.63, 3.8) is 0 Å². The van der Waals surface area contributed by atoms with Crippen molar-refractivity contribution >= 4 is 11.0 Å². The molecule has 0 bridgehead atoms. The Morgan fingerprint density at radius 3 is 2.60 bits per heavy atom. The van der Waals surface area contributed by atoms with E-state index in [0.717, 1.165) is 43.1 Å². The van der Waals surface area contributed by atoms with Crippen molar-refractivity contribution < 1.29 is 0 Å². The molecule has 3 aliphatic rings. The van der Waals surface area contributed by atoms with E-state index in [4.69, 9.17) is 5.10 Å². The maximum absolute atomic E-state index is 12.5. The number of aromatic nitrogens is 3. The average Bonchev–Trinajstić information content (AvgIpc) is 2.91. The smallest absolute Gasteiger partial charge is 0.253 e. The predicted octanol–water partition coefficient (Wildman–Crippen LogP) is 2.87. The van der Waals surface area contributed by atoms with Crippen molar-refractivity contribution in [3.05, 3.63) is 27.2 Å². The van der Waals surface area contributed by atoms with Crippen LogP contribution in [0.5, 0.6) is 0 Å². The highest BCUT2D eigenvalue weighted by atomic mass is 16.1. The summed E-state index contributed by atoms with van der Waals surface area (Å²) >= 11 is 0. The molecule has 2 aromatic rings. The van der Waals surface area contributed by atoms with E-state index in [1.165, 1.54) is 61.7 Å². The molecule has 0 spiro atoms. The molecule has 25 heavy (non-hydrogen) atoms. The average molecular weight is 340 g/mol. The number of aromatic amines is 1. The summed E-state index contributed by atoms with van der Waals surface area (Å²) in [6.45, 7) is 2.39. The molecular weight excluding hydrogens is 312 g/mol. The number of hydrogen-bond acceptors (Lipinski definition) is 3. The van der Waals surface area contributed by atoms with E-state index < -0.39 is 0 Å². The largest absolute Gasteiger partial charge is 0.307 e. The maximum Gasteiger partial charge on any atom is 0.253 e. The van der Waals surface area contributed by atoms with Crippen LogP contribution in [0.1, 0.15) is 67.7 Å². The van der Waals surface area contributed by atoms with Gasteiger partial charge in [-0.1, -0.05) is 6.42 Å². The lowest BCUT2D eigenvalue weighted by molar-refractivity contribution is 0.0938. The Balaban J connectivity index is 1.60. The molecule has 1 N–H and O–H groups in total. The molecule has 1 saturated carbocycles. The minimum atomic E-state index is 0.108. The standard InChI is InChI=1S/C20H28N4O/c1-23-19-17(15-9-2-3-10-16(15)20(25)21-19)18(22-23)13-6-5-11-24(12-13)14-7-4-8-14/h13-14H,2-12H2,1H3,(H,21,25). The van der Waals surface area contributed by atoms with Crippen molar-refractivity contribution in [3.8, 4) is 0 Å². The molecule has 2 aromatic heterocycles. The van der Waals surface area contributed by atoms with Crippen LogP contribution in [0, 0.1) is 0 Å². The summed E-state index contributed by atoms with van der Waals surface area (Å²) in [4.78, 5) is 18.3. The molecule has 5 nitrogen and oxygen atoms in total. The Morgan fingerprint density at radius 2 is 1.84 bits per heavy atom. The Bertz CT molecular complexity index is 861. The molecule has 0 radical (unpaired) electrons. The SMILES string of the molecule is Cn1nc(C2CCCN(C3CCC3)C2)c2c3c(c(=O)[nH]c21)CCCC3. The number of rotatable bonds is 2. The van der Waals surface area contributed by atoms with Gasteiger partial charge in [0.25, 0.3) is 5.56 Å². The molecule has 134 valence electrons. The first-order valence-electron chi connectivity index (χ1n) is 10.1. The minimum Gasteiger partial charge on any atom is -0.307 e. The monoisotopic (exact) mass is 340 g/mol. The molecule has 0 amide bonds. The van der Waals surface area contributed by atoms with Gasteiger partial charge < -0.3 is 4.98 Å². The number of nitrogens with zero attached hydrogens (tertiary/aromatic N) is 3. The minimum absolute atomic E-state index is 0.108. The van der Waals surface area contributed by atoms with Gasteiger partial charge in [0.1, 0.15) is 5.65 Å². The summed E-state index contributed by atoms with van der Waals surface area (Å²) in [5, 5.41) is 6.20. The van der Waals surface area contributed by atoms with Gasteiger partial charge in [-0.2, -0.15) is 5.10 Å². The van der Waals surface area contributed by atoms with E-state index in [1.54, 1.807) is 0 Å². The van der Waals surface area contributed by atoms with E-state index >= 15 is 0 Å². The Labute approximate surface area is 148 Å². The van der Waals surface area contributed by atoms with Gasteiger partial charge in [-0.25, -0.2) is 0 Å². The summed E-state index contributed by atoms with van der Waals surface area (Å²) in [5.41, 5.74) is 4.61. The molecule has 1 saturated heterocycles. The highest BCUT2D eigenvalue weighted by Gasteiger charge is 2.33. The molecule has 1 unspecified atom stereocenters. The number of H-pyrrole nitrogens is 1. The first kappa shape index (κ1) is 15.6. The van der Waals surface area contributed by atoms with Gasteiger partial charge in [0, 0.05) is 36.5 Å². The van der Waals surface area contributed by atoms with Gasteiger partial charge in [0.05, 0.1) is 5.69 Å². The molecule has 1 atom stereocenters. The van der Waals surface area contributed by atoms with Crippen LogP contribution in [-0.4, -0.2) is 38.8 Å². The normalized spacial score (nSPS) is 25.1. The van der Waals surface area contributed by atoms with Gasteiger partial charge in [-0.15, -0.1) is 0 Å². The lowest BCUT2D eigenvalue weighted by atomic mass is 9.84. The van der Waals surface area contributed by atoms with Gasteiger partial charge >= 0.3 is 0 Å². The predicted molar refractivity (Wildman–Crippen MR) is 99.2 cm³/mol. The molecule has 1 aliphatic heterocycles. The second kappa shape index (κ2) is 5.97. The maximum atomic E-state index is 12.5. The van der Waals surface area contributed by atoms with Gasteiger partial charge in [0.15, 0.2) is 0 Å². The van der Waals surface area contributed by atoms with E-state index in [0.29, 0.717) is 5.92 Å². The Kier molecular flexibility index (Phi) is 3.73. The number of likely N-dealkylation sites (tertiary alicyclic amines) is 1. The van der Waals surface area contributed by atoms with Crippen LogP contribution in [0.25, 0.3) is 11.0 Å². The van der Waals surface area contributed by atoms with Gasteiger partial charge in [-0.05, 0) is 63.5 Å². The summed E-state index contributed by atoms with van der Waals surface area (Å²) in [5.74, 6) is 0.509. The number of aryl methyl sites for hydroxylation is 2. The van der Waals surface area contributed by atoms with Crippen molar-refractivity contribution in [2.75, 3.05) is 13.1 Å². The Hall–Kier alpha value is -1.62. The zero-order chi connectivity index (χ0) is 17.0. The van der Waals surface area contributed by atoms with E-state index in [9.17, 15) is 4.79 Å². The van der Waals surface area contributed by atoms with Crippen LogP contribution in [0.4, 0.5) is 0 Å². The highest BCUT2D eigenvalue weighted by Crippen LogP contribution is 2.37. The zero-order valence-corrected chi connectivity index (χ0v) is 15.2. The lowest BCUT2D eigenvalue weighted by Gasteiger charge is -2.42. The number of pyridine rings is 1. The van der Waals surface area contributed by atoms with E-state index in [-0.39, 0.29) is 5.56 Å². The number of hydrogen-bond donors (Lipinski definition) is 1. The number of fused-ring (bicyclic) bond motifs is 3. The molecule has 2 aliphatic carbocycles. The van der Waals surface area contributed by atoms with Crippen molar-refractivity contribution in [2.24, 2.45) is 7.05 Å². The van der Waals surface area contributed by atoms with Crippen LogP contribution in [0.15, 0.2) is 4.79 Å². The van der Waals surface area contributed by atoms with Crippen LogP contribution >= 0.6 is 0 Å². The number of piperidine rings is 1. The summed E-state index contributed by atoms with van der Waals surface area (Å²) in [7, 11) is 1.98. The second-order valence-corrected chi connectivity index (χ2v) is 8.27. The van der Waals surface area contributed by atoms with Crippen LogP contribution in [-0.2, 0) is 19.9 Å². The first-order chi connectivity index (χ1) is 12.2. The molecule has 0 aromatic carbocycles. The molecular formula is C20H28N4O. The van der Waals surface area contributed by atoms with E-state index in [1.807, 2.05) is 11.7 Å². The summed E-state index contributed by atoms with van der Waals surface area (Å²) in [6.07, 6.45) is 10.9. The van der Waals surface area contributed by atoms with Crippen molar-refractivity contribution in [2.45, 2.75) is 69.7 Å². The topological polar surface area (TPSA) is 53.9 Å². The highest BCUT2D eigenvalue weighted by molar-refractivity contribution is 5.84. The molecule has 3 heterocycles. The molecule has 2 fully saturated rings. The van der Waals surface area contributed by atoms with Gasteiger partial charge in [0.2, 0.25) is 0 Å². The zero-order valence-electron chi connectivity index (χ0n) is 15.2. The third kappa shape index (κ3) is 2.47. The Morgan fingerprint density at radius 1 is 1.04 bits per heavy atom. The van der Waals surface area contributed by atoms with Crippen molar-refractivity contribution in [1.82, 2.24) is 19.7 Å². The summed E-state index contributed by atoms with van der Waals surface area (Å²) < 4.78 is 1.91. The third-order valence-corrected chi connectivity index (χ3v) is 6.78. The fourth-order valence-corrected chi connectivity index (χ4v) is 5.20. The quantitative estimate of drug-likeness (QED) is 0.914. The number of nitrogens with one attached hydrogen (secondary N) is 1. The van der Waals surface area contributed by atoms with E-state index in [2.05, 4.69) is 9.88 Å². The van der Waals surface area contributed by atoms with Crippen LogP contribution < -0.4 is 5.56 Å². The van der Waals surface area contributed by atoms with Crippen molar-refractivity contribution in [1.29, 1.82) is 0 Å². The third-order valence-electron chi connectivity index (χ3n) is 6.78. The fourth-order valence-electron chi connectivity index (χ4n) is 5.20. The second-order valence-electron chi connectivity index (χ2n) is 8.27. The van der Waals surface area contributed by atoms with Crippen LogP contribution in [0.3, 0.4) is 0 Å². The molecule has 5 heteroatoms. The molecule has 5 rings (SSSR count). The van der Waals surface area contributed by atoms with Crippen LogP contribution in [0.2, 0.25) is 0 Å².